The van der Waals surface area contributed by atoms with E-state index in [2.05, 4.69) is 10.4 Å². The van der Waals surface area contributed by atoms with Crippen molar-refractivity contribution in [2.75, 3.05) is 18.0 Å². The van der Waals surface area contributed by atoms with Crippen LogP contribution < -0.4 is 10.2 Å². The van der Waals surface area contributed by atoms with Gasteiger partial charge in [0.15, 0.2) is 5.69 Å². The summed E-state index contributed by atoms with van der Waals surface area (Å²) in [7, 11) is 0. The molecule has 2 amide bonds. The lowest BCUT2D eigenvalue weighted by Crippen LogP contribution is -2.39. The van der Waals surface area contributed by atoms with Crippen LogP contribution in [-0.4, -0.2) is 41.0 Å². The highest BCUT2D eigenvalue weighted by Crippen LogP contribution is 2.31. The minimum atomic E-state index is -0.275. The maximum atomic E-state index is 13.6. The Balaban J connectivity index is 1.58. The summed E-state index contributed by atoms with van der Waals surface area (Å²) in [4.78, 5) is 39.4. The normalized spacial score (nSPS) is 15.4. The van der Waals surface area contributed by atoms with Crippen LogP contribution in [0.25, 0.3) is 5.69 Å². The fourth-order valence-electron chi connectivity index (χ4n) is 3.99. The van der Waals surface area contributed by atoms with E-state index in [1.807, 2.05) is 0 Å². The first-order valence-electron chi connectivity index (χ1n) is 10.6. The number of rotatable bonds is 6. The second kappa shape index (κ2) is 8.24. The van der Waals surface area contributed by atoms with Gasteiger partial charge in [0.2, 0.25) is 0 Å². The second-order valence-corrected chi connectivity index (χ2v) is 8.58. The van der Waals surface area contributed by atoms with Gasteiger partial charge in [-0.15, -0.1) is 0 Å². The Morgan fingerprint density at radius 1 is 1.16 bits per heavy atom. The summed E-state index contributed by atoms with van der Waals surface area (Å²) in [6.07, 6.45) is 3.48. The topological polar surface area (TPSA) is 84.3 Å². The van der Waals surface area contributed by atoms with Crippen molar-refractivity contribution in [1.82, 2.24) is 15.1 Å². The summed E-state index contributed by atoms with van der Waals surface area (Å²) >= 11 is 6.18. The zero-order valence-electron chi connectivity index (χ0n) is 17.3. The summed E-state index contributed by atoms with van der Waals surface area (Å²) in [5.74, 6) is -0.00633. The third-order valence-electron chi connectivity index (χ3n) is 5.85. The fourth-order valence-corrected chi connectivity index (χ4v) is 4.18. The highest BCUT2D eigenvalue weighted by Gasteiger charge is 2.35. The molecule has 1 aliphatic heterocycles. The molecule has 1 fully saturated rings. The van der Waals surface area contributed by atoms with Crippen molar-refractivity contribution in [3.05, 3.63) is 76.1 Å². The predicted octanol–water partition coefficient (Wildman–Crippen LogP) is 3.68. The molecule has 1 aliphatic carbocycles. The van der Waals surface area contributed by atoms with Crippen LogP contribution in [0.3, 0.4) is 0 Å². The van der Waals surface area contributed by atoms with Crippen molar-refractivity contribution in [3.63, 3.8) is 0 Å². The van der Waals surface area contributed by atoms with Crippen LogP contribution in [0, 0.1) is 5.92 Å². The zero-order chi connectivity index (χ0) is 22.2. The second-order valence-electron chi connectivity index (χ2n) is 8.14. The number of nitrogens with zero attached hydrogens (tertiary/aromatic N) is 3. The first kappa shape index (κ1) is 20.5. The Hall–Kier alpha value is -3.45. The smallest absolute Gasteiger partial charge is 0.277 e. The van der Waals surface area contributed by atoms with Gasteiger partial charge in [0.1, 0.15) is 12.0 Å². The average Bonchev–Trinajstić information content (AvgIpc) is 3.55. The van der Waals surface area contributed by atoms with Gasteiger partial charge in [0, 0.05) is 34.9 Å². The lowest BCUT2D eigenvalue weighted by atomic mass is 10.0. The van der Waals surface area contributed by atoms with E-state index in [1.165, 1.54) is 4.68 Å². The number of carbonyl (C=O) groups excluding carboxylic acids is 3. The third kappa shape index (κ3) is 3.80. The molecule has 162 valence electrons. The van der Waals surface area contributed by atoms with Gasteiger partial charge in [-0.05, 0) is 55.5 Å². The van der Waals surface area contributed by atoms with Gasteiger partial charge in [-0.1, -0.05) is 29.8 Å². The first-order chi connectivity index (χ1) is 15.5. The highest BCUT2D eigenvalue weighted by molar-refractivity contribution is 6.30. The lowest BCUT2D eigenvalue weighted by molar-refractivity contribution is 0.0945. The van der Waals surface area contributed by atoms with Crippen LogP contribution in [0.5, 0.6) is 0 Å². The summed E-state index contributed by atoms with van der Waals surface area (Å²) in [6.45, 7) is 1.01. The Morgan fingerprint density at radius 2 is 1.94 bits per heavy atom. The molecule has 2 aromatic carbocycles. The Bertz CT molecular complexity index is 1230. The molecule has 1 aromatic heterocycles. The Labute approximate surface area is 190 Å². The van der Waals surface area contributed by atoms with Crippen LogP contribution >= 0.6 is 11.6 Å². The molecule has 7 nitrogen and oxygen atoms in total. The molecule has 1 N–H and O–H groups in total. The summed E-state index contributed by atoms with van der Waals surface area (Å²) in [5.41, 5.74) is 2.97. The van der Waals surface area contributed by atoms with Crippen molar-refractivity contribution in [3.8, 4) is 5.69 Å². The van der Waals surface area contributed by atoms with Crippen molar-refractivity contribution >= 4 is 35.4 Å². The number of hydrogen-bond acceptors (Lipinski definition) is 4. The van der Waals surface area contributed by atoms with E-state index in [0.29, 0.717) is 58.6 Å². The maximum absolute atomic E-state index is 13.6. The van der Waals surface area contributed by atoms with Gasteiger partial charge in [-0.2, -0.15) is 5.10 Å². The van der Waals surface area contributed by atoms with E-state index < -0.39 is 0 Å². The molecule has 32 heavy (non-hydrogen) atoms. The summed E-state index contributed by atoms with van der Waals surface area (Å²) < 4.78 is 1.51. The van der Waals surface area contributed by atoms with Crippen LogP contribution in [0.15, 0.2) is 48.5 Å². The standard InChI is InChI=1S/C24H21ClN4O3/c25-17-4-2-6-19(12-17)29-22-20(21(27-29)23(31)26-13-15-7-8-15)9-10-28(24(22)32)18-5-1-3-16(11-18)14-30/h1-6,11-12,14-15H,7-10,13H2,(H,26,31). The summed E-state index contributed by atoms with van der Waals surface area (Å²) in [6, 6.07) is 13.9. The van der Waals surface area contributed by atoms with Gasteiger partial charge >= 0.3 is 0 Å². The number of carbonyl (C=O) groups is 3. The number of hydrogen-bond donors (Lipinski definition) is 1. The van der Waals surface area contributed by atoms with Crippen LogP contribution in [0.2, 0.25) is 5.02 Å². The maximum Gasteiger partial charge on any atom is 0.277 e. The first-order valence-corrected chi connectivity index (χ1v) is 11.0. The molecule has 0 saturated heterocycles. The van der Waals surface area contributed by atoms with Crippen LogP contribution in [0.4, 0.5) is 5.69 Å². The Morgan fingerprint density at radius 3 is 2.69 bits per heavy atom. The number of anilines is 1. The number of halogens is 1. The van der Waals surface area contributed by atoms with Gasteiger partial charge in [0.05, 0.1) is 5.69 Å². The average molecular weight is 449 g/mol. The number of fused-ring (bicyclic) bond motifs is 1. The Kier molecular flexibility index (Phi) is 5.27. The number of aldehydes is 1. The largest absolute Gasteiger partial charge is 0.350 e. The number of benzene rings is 2. The van der Waals surface area contributed by atoms with E-state index in [9.17, 15) is 14.4 Å². The van der Waals surface area contributed by atoms with Crippen molar-refractivity contribution in [1.29, 1.82) is 0 Å². The fraction of sp³-hybridized carbons (Fsp3) is 0.250. The number of nitrogens with one attached hydrogen (secondary N) is 1. The third-order valence-corrected chi connectivity index (χ3v) is 6.09. The molecule has 2 aliphatic rings. The quantitative estimate of drug-likeness (QED) is 0.583. The van der Waals surface area contributed by atoms with E-state index in [-0.39, 0.29) is 17.5 Å². The number of amides is 2. The summed E-state index contributed by atoms with van der Waals surface area (Å²) in [5, 5.41) is 8.02. The van der Waals surface area contributed by atoms with Gasteiger partial charge in [0.25, 0.3) is 11.8 Å². The van der Waals surface area contributed by atoms with Gasteiger partial charge in [-0.25, -0.2) is 4.68 Å². The molecule has 2 heterocycles. The van der Waals surface area contributed by atoms with Crippen LogP contribution in [0.1, 0.15) is 49.7 Å². The molecule has 0 unspecified atom stereocenters. The van der Waals surface area contributed by atoms with Crippen molar-refractivity contribution in [2.24, 2.45) is 5.92 Å². The molecule has 0 radical (unpaired) electrons. The van der Waals surface area contributed by atoms with Crippen LogP contribution in [-0.2, 0) is 6.42 Å². The number of aromatic nitrogens is 2. The molecule has 0 bridgehead atoms. The molecule has 5 rings (SSSR count). The van der Waals surface area contributed by atoms with E-state index in [0.717, 1.165) is 19.1 Å². The lowest BCUT2D eigenvalue weighted by Gasteiger charge is -2.28. The van der Waals surface area contributed by atoms with Crippen molar-refractivity contribution in [2.45, 2.75) is 19.3 Å². The molecule has 8 heteroatoms. The molecular formula is C24H21ClN4O3. The highest BCUT2D eigenvalue weighted by atomic mass is 35.5. The molecular weight excluding hydrogens is 428 g/mol. The SMILES string of the molecule is O=Cc1cccc(N2CCc3c(C(=O)NCC4CC4)nn(-c4cccc(Cl)c4)c3C2=O)c1. The van der Waals surface area contributed by atoms with Gasteiger partial charge < -0.3 is 10.2 Å². The minimum Gasteiger partial charge on any atom is -0.350 e. The van der Waals surface area contributed by atoms with Gasteiger partial charge in [-0.3, -0.25) is 14.4 Å². The molecule has 0 spiro atoms. The molecule has 3 aromatic rings. The van der Waals surface area contributed by atoms with E-state index in [1.54, 1.807) is 53.4 Å². The minimum absolute atomic E-state index is 0.266. The van der Waals surface area contributed by atoms with E-state index >= 15 is 0 Å². The molecule has 0 atom stereocenters. The molecule has 1 saturated carbocycles. The van der Waals surface area contributed by atoms with E-state index in [4.69, 9.17) is 11.6 Å². The predicted molar refractivity (Wildman–Crippen MR) is 121 cm³/mol. The zero-order valence-corrected chi connectivity index (χ0v) is 18.0. The monoisotopic (exact) mass is 448 g/mol. The van der Waals surface area contributed by atoms with Crippen molar-refractivity contribution < 1.29 is 14.4 Å².